The molecule has 0 aliphatic carbocycles. The Bertz CT molecular complexity index is 667. The molecule has 0 unspecified atom stereocenters. The SMILES string of the molecule is CC(C)Oc1ccc2c(ccn2Cc2ccsc2)c1. The number of nitrogens with zero attached hydrogens (tertiary/aromatic N) is 1. The van der Waals surface area contributed by atoms with Crippen LogP contribution in [0, 0.1) is 0 Å². The van der Waals surface area contributed by atoms with Crippen LogP contribution in [0.25, 0.3) is 10.9 Å². The number of hydrogen-bond donors (Lipinski definition) is 0. The van der Waals surface area contributed by atoms with Crippen molar-refractivity contribution in [2.75, 3.05) is 0 Å². The van der Waals surface area contributed by atoms with E-state index in [1.54, 1.807) is 11.3 Å². The molecule has 0 amide bonds. The molecule has 3 aromatic rings. The van der Waals surface area contributed by atoms with Gasteiger partial charge < -0.3 is 9.30 Å². The fourth-order valence-electron chi connectivity index (χ4n) is 2.24. The van der Waals surface area contributed by atoms with Gasteiger partial charge in [-0.1, -0.05) is 0 Å². The van der Waals surface area contributed by atoms with Crippen LogP contribution in [0.4, 0.5) is 0 Å². The van der Waals surface area contributed by atoms with E-state index >= 15 is 0 Å². The second-order valence-electron chi connectivity index (χ2n) is 4.96. The van der Waals surface area contributed by atoms with E-state index in [4.69, 9.17) is 4.74 Å². The van der Waals surface area contributed by atoms with Crippen molar-refractivity contribution in [3.63, 3.8) is 0 Å². The first-order valence-corrected chi connectivity index (χ1v) is 7.43. The molecule has 0 fully saturated rings. The number of rotatable bonds is 4. The molecule has 2 nitrogen and oxygen atoms in total. The summed E-state index contributed by atoms with van der Waals surface area (Å²) in [4.78, 5) is 0. The minimum Gasteiger partial charge on any atom is -0.491 e. The number of thiophene rings is 1. The maximum atomic E-state index is 5.73. The van der Waals surface area contributed by atoms with Crippen LogP contribution in [0.2, 0.25) is 0 Å². The van der Waals surface area contributed by atoms with Gasteiger partial charge in [-0.3, -0.25) is 0 Å². The summed E-state index contributed by atoms with van der Waals surface area (Å²) in [6.45, 7) is 5.02. The molecule has 0 spiro atoms. The normalized spacial score (nSPS) is 11.3. The van der Waals surface area contributed by atoms with Gasteiger partial charge in [0.05, 0.1) is 6.10 Å². The fourth-order valence-corrected chi connectivity index (χ4v) is 2.90. The lowest BCUT2D eigenvalue weighted by Gasteiger charge is -2.10. The van der Waals surface area contributed by atoms with Crippen molar-refractivity contribution >= 4 is 22.2 Å². The van der Waals surface area contributed by atoms with Gasteiger partial charge in [0.2, 0.25) is 0 Å². The number of hydrogen-bond acceptors (Lipinski definition) is 2. The summed E-state index contributed by atoms with van der Waals surface area (Å²) in [5, 5.41) is 5.55. The summed E-state index contributed by atoms with van der Waals surface area (Å²) in [6.07, 6.45) is 2.35. The minimum atomic E-state index is 0.213. The lowest BCUT2D eigenvalue weighted by atomic mass is 10.2. The lowest BCUT2D eigenvalue weighted by molar-refractivity contribution is 0.243. The topological polar surface area (TPSA) is 14.2 Å². The number of fused-ring (bicyclic) bond motifs is 1. The third-order valence-electron chi connectivity index (χ3n) is 3.05. The highest BCUT2D eigenvalue weighted by Crippen LogP contribution is 2.23. The van der Waals surface area contributed by atoms with Crippen LogP contribution in [0.5, 0.6) is 5.75 Å². The highest BCUT2D eigenvalue weighted by atomic mass is 32.1. The van der Waals surface area contributed by atoms with Crippen molar-refractivity contribution in [3.8, 4) is 5.75 Å². The van der Waals surface area contributed by atoms with Crippen LogP contribution in [0.1, 0.15) is 19.4 Å². The van der Waals surface area contributed by atoms with Crippen LogP contribution >= 0.6 is 11.3 Å². The van der Waals surface area contributed by atoms with Crippen molar-refractivity contribution < 1.29 is 4.74 Å². The molecule has 0 aliphatic rings. The number of aromatic nitrogens is 1. The first-order chi connectivity index (χ1) is 9.22. The molecule has 2 heterocycles. The Morgan fingerprint density at radius 1 is 1.21 bits per heavy atom. The van der Waals surface area contributed by atoms with Crippen molar-refractivity contribution in [2.24, 2.45) is 0 Å². The van der Waals surface area contributed by atoms with Crippen molar-refractivity contribution in [1.29, 1.82) is 0 Å². The van der Waals surface area contributed by atoms with E-state index in [-0.39, 0.29) is 6.10 Å². The molecule has 0 atom stereocenters. The Morgan fingerprint density at radius 3 is 2.84 bits per heavy atom. The first kappa shape index (κ1) is 12.3. The van der Waals surface area contributed by atoms with Gasteiger partial charge in [-0.25, -0.2) is 0 Å². The molecule has 3 rings (SSSR count). The van der Waals surface area contributed by atoms with Crippen LogP contribution in [-0.4, -0.2) is 10.7 Å². The van der Waals surface area contributed by atoms with Gasteiger partial charge in [-0.15, -0.1) is 0 Å². The monoisotopic (exact) mass is 271 g/mol. The maximum absolute atomic E-state index is 5.73. The molecule has 0 radical (unpaired) electrons. The Balaban J connectivity index is 1.91. The Kier molecular flexibility index (Phi) is 3.30. The van der Waals surface area contributed by atoms with Gasteiger partial charge in [0.1, 0.15) is 5.75 Å². The molecule has 0 saturated carbocycles. The van der Waals surface area contributed by atoms with E-state index in [9.17, 15) is 0 Å². The van der Waals surface area contributed by atoms with Crippen molar-refractivity contribution in [2.45, 2.75) is 26.5 Å². The molecule has 0 bridgehead atoms. The van der Waals surface area contributed by atoms with E-state index in [1.165, 1.54) is 16.5 Å². The average molecular weight is 271 g/mol. The van der Waals surface area contributed by atoms with Gasteiger partial charge in [-0.05, 0) is 60.5 Å². The molecular weight excluding hydrogens is 254 g/mol. The maximum Gasteiger partial charge on any atom is 0.120 e. The zero-order valence-corrected chi connectivity index (χ0v) is 12.0. The molecule has 2 aromatic heterocycles. The Hall–Kier alpha value is -1.74. The molecule has 98 valence electrons. The smallest absolute Gasteiger partial charge is 0.120 e. The zero-order valence-electron chi connectivity index (χ0n) is 11.2. The van der Waals surface area contributed by atoms with Gasteiger partial charge in [0.25, 0.3) is 0 Å². The largest absolute Gasteiger partial charge is 0.491 e. The fraction of sp³-hybridized carbons (Fsp3) is 0.250. The molecule has 19 heavy (non-hydrogen) atoms. The van der Waals surface area contributed by atoms with Crippen LogP contribution in [0.15, 0.2) is 47.3 Å². The number of benzene rings is 1. The average Bonchev–Trinajstić information content (AvgIpc) is 2.99. The quantitative estimate of drug-likeness (QED) is 0.679. The summed E-state index contributed by atoms with van der Waals surface area (Å²) < 4.78 is 8.00. The molecular formula is C16H17NOS. The molecule has 0 saturated heterocycles. The summed E-state index contributed by atoms with van der Waals surface area (Å²) in [5.74, 6) is 0.941. The Labute approximate surface area is 117 Å². The van der Waals surface area contributed by atoms with Crippen molar-refractivity contribution in [3.05, 3.63) is 52.9 Å². The highest BCUT2D eigenvalue weighted by molar-refractivity contribution is 7.07. The van der Waals surface area contributed by atoms with Gasteiger partial charge in [0, 0.05) is 23.6 Å². The molecule has 3 heteroatoms. The number of ether oxygens (including phenoxy) is 1. The van der Waals surface area contributed by atoms with Crippen LogP contribution < -0.4 is 4.74 Å². The standard InChI is InChI=1S/C16H17NOS/c1-12(2)18-15-3-4-16-14(9-15)5-7-17(16)10-13-6-8-19-11-13/h3-9,11-12H,10H2,1-2H3. The molecule has 0 aliphatic heterocycles. The summed E-state index contributed by atoms with van der Waals surface area (Å²) in [7, 11) is 0. The van der Waals surface area contributed by atoms with Gasteiger partial charge in [0.15, 0.2) is 0 Å². The second-order valence-corrected chi connectivity index (χ2v) is 5.74. The molecule has 0 N–H and O–H groups in total. The van der Waals surface area contributed by atoms with Crippen molar-refractivity contribution in [1.82, 2.24) is 4.57 Å². The van der Waals surface area contributed by atoms with E-state index in [0.717, 1.165) is 12.3 Å². The summed E-state index contributed by atoms with van der Waals surface area (Å²) in [6, 6.07) is 10.6. The van der Waals surface area contributed by atoms with E-state index in [2.05, 4.69) is 45.8 Å². The predicted molar refractivity (Wildman–Crippen MR) is 81.1 cm³/mol. The van der Waals surface area contributed by atoms with Crippen LogP contribution in [0.3, 0.4) is 0 Å². The van der Waals surface area contributed by atoms with E-state index in [0.29, 0.717) is 0 Å². The van der Waals surface area contributed by atoms with Crippen LogP contribution in [-0.2, 0) is 6.54 Å². The van der Waals surface area contributed by atoms with Gasteiger partial charge in [-0.2, -0.15) is 11.3 Å². The highest BCUT2D eigenvalue weighted by Gasteiger charge is 2.05. The third kappa shape index (κ3) is 2.66. The minimum absolute atomic E-state index is 0.213. The van der Waals surface area contributed by atoms with E-state index in [1.807, 2.05) is 19.9 Å². The predicted octanol–water partition coefficient (Wildman–Crippen LogP) is 4.54. The zero-order chi connectivity index (χ0) is 13.2. The second kappa shape index (κ2) is 5.10. The van der Waals surface area contributed by atoms with E-state index < -0.39 is 0 Å². The summed E-state index contributed by atoms with van der Waals surface area (Å²) >= 11 is 1.74. The lowest BCUT2D eigenvalue weighted by Crippen LogP contribution is -2.05. The molecule has 1 aromatic carbocycles. The summed E-state index contributed by atoms with van der Waals surface area (Å²) in [5.41, 5.74) is 2.60. The Morgan fingerprint density at radius 2 is 2.11 bits per heavy atom. The third-order valence-corrected chi connectivity index (χ3v) is 3.78. The van der Waals surface area contributed by atoms with Gasteiger partial charge >= 0.3 is 0 Å². The first-order valence-electron chi connectivity index (χ1n) is 6.49.